The van der Waals surface area contributed by atoms with Gasteiger partial charge in [-0.3, -0.25) is 9.78 Å². The van der Waals surface area contributed by atoms with E-state index in [0.717, 1.165) is 11.3 Å². The Morgan fingerprint density at radius 2 is 1.92 bits per heavy atom. The fourth-order valence-electron chi connectivity index (χ4n) is 2.62. The van der Waals surface area contributed by atoms with Crippen molar-refractivity contribution in [3.05, 3.63) is 83.8 Å². The number of hydrogen-bond donors (Lipinski definition) is 1. The van der Waals surface area contributed by atoms with Gasteiger partial charge in [0.25, 0.3) is 5.91 Å². The van der Waals surface area contributed by atoms with Crippen LogP contribution in [0.15, 0.2) is 66.9 Å². The molecular formula is C21H19FN2O2. The predicted octanol–water partition coefficient (Wildman–Crippen LogP) is 4.39. The van der Waals surface area contributed by atoms with Crippen molar-refractivity contribution < 1.29 is 13.9 Å². The van der Waals surface area contributed by atoms with Crippen LogP contribution in [0, 0.1) is 5.82 Å². The van der Waals surface area contributed by atoms with Gasteiger partial charge in [0.15, 0.2) is 0 Å². The quantitative estimate of drug-likeness (QED) is 0.743. The first-order chi connectivity index (χ1) is 12.6. The molecule has 1 aromatic heterocycles. The van der Waals surface area contributed by atoms with Crippen LogP contribution in [-0.4, -0.2) is 18.0 Å². The molecule has 0 saturated heterocycles. The van der Waals surface area contributed by atoms with E-state index in [9.17, 15) is 9.18 Å². The lowest BCUT2D eigenvalue weighted by Gasteiger charge is -2.15. The average Bonchev–Trinajstić information content (AvgIpc) is 2.68. The van der Waals surface area contributed by atoms with E-state index in [-0.39, 0.29) is 17.8 Å². The lowest BCUT2D eigenvalue weighted by Crippen LogP contribution is -2.26. The third-order valence-corrected chi connectivity index (χ3v) is 4.09. The van der Waals surface area contributed by atoms with E-state index >= 15 is 0 Å². The van der Waals surface area contributed by atoms with Crippen LogP contribution in [0.1, 0.15) is 28.9 Å². The Kier molecular flexibility index (Phi) is 5.27. The fourth-order valence-corrected chi connectivity index (χ4v) is 2.62. The van der Waals surface area contributed by atoms with E-state index in [1.54, 1.807) is 31.4 Å². The minimum absolute atomic E-state index is 0.180. The number of nitrogens with one attached hydrogen (secondary N) is 1. The van der Waals surface area contributed by atoms with Crippen LogP contribution < -0.4 is 10.1 Å². The molecule has 0 fully saturated rings. The molecule has 132 valence electrons. The van der Waals surface area contributed by atoms with Crippen molar-refractivity contribution in [1.82, 2.24) is 10.3 Å². The first kappa shape index (κ1) is 17.6. The van der Waals surface area contributed by atoms with Crippen molar-refractivity contribution in [2.75, 3.05) is 7.11 Å². The van der Waals surface area contributed by atoms with E-state index in [4.69, 9.17) is 4.74 Å². The number of carbonyl (C=O) groups excluding carboxylic acids is 1. The molecule has 4 nitrogen and oxygen atoms in total. The van der Waals surface area contributed by atoms with Gasteiger partial charge in [-0.1, -0.05) is 24.3 Å². The molecule has 3 rings (SSSR count). The topological polar surface area (TPSA) is 51.2 Å². The number of rotatable bonds is 5. The Balaban J connectivity index is 1.71. The summed E-state index contributed by atoms with van der Waals surface area (Å²) >= 11 is 0. The molecule has 1 amide bonds. The monoisotopic (exact) mass is 350 g/mol. The zero-order valence-corrected chi connectivity index (χ0v) is 14.6. The number of benzene rings is 2. The Hall–Kier alpha value is -3.21. The van der Waals surface area contributed by atoms with Gasteiger partial charge >= 0.3 is 0 Å². The molecule has 0 aliphatic heterocycles. The van der Waals surface area contributed by atoms with E-state index in [2.05, 4.69) is 10.3 Å². The minimum atomic E-state index is -0.321. The van der Waals surface area contributed by atoms with E-state index in [1.165, 1.54) is 18.3 Å². The van der Waals surface area contributed by atoms with E-state index < -0.39 is 0 Å². The lowest BCUT2D eigenvalue weighted by molar-refractivity contribution is 0.0939. The molecule has 0 aliphatic carbocycles. The highest BCUT2D eigenvalue weighted by Gasteiger charge is 2.13. The summed E-state index contributed by atoms with van der Waals surface area (Å²) in [5, 5.41) is 2.94. The van der Waals surface area contributed by atoms with Crippen LogP contribution >= 0.6 is 0 Å². The van der Waals surface area contributed by atoms with E-state index in [1.807, 2.05) is 31.2 Å². The molecule has 2 aromatic carbocycles. The zero-order valence-electron chi connectivity index (χ0n) is 14.6. The summed E-state index contributed by atoms with van der Waals surface area (Å²) in [6.45, 7) is 1.90. The summed E-state index contributed by atoms with van der Waals surface area (Å²) in [6.07, 6.45) is 1.49. The Morgan fingerprint density at radius 1 is 1.12 bits per heavy atom. The van der Waals surface area contributed by atoms with Gasteiger partial charge in [0, 0.05) is 11.8 Å². The highest BCUT2D eigenvalue weighted by atomic mass is 19.1. The van der Waals surface area contributed by atoms with Crippen LogP contribution in [0.25, 0.3) is 11.3 Å². The average molecular weight is 350 g/mol. The third-order valence-electron chi connectivity index (χ3n) is 4.09. The third kappa shape index (κ3) is 4.06. The summed E-state index contributed by atoms with van der Waals surface area (Å²) < 4.78 is 18.5. The summed E-state index contributed by atoms with van der Waals surface area (Å²) in [7, 11) is 1.61. The van der Waals surface area contributed by atoms with Gasteiger partial charge in [-0.25, -0.2) is 4.39 Å². The standard InChI is InChI=1S/C21H19FN2O2/c1-14(15-5-4-8-19(12-15)26-2)24-21(25)17-9-10-20(23-13-17)16-6-3-7-18(22)11-16/h3-14H,1-2H3,(H,24,25)/t14-/m0/s1. The van der Waals surface area contributed by atoms with E-state index in [0.29, 0.717) is 16.8 Å². The van der Waals surface area contributed by atoms with Crippen molar-refractivity contribution in [1.29, 1.82) is 0 Å². The first-order valence-corrected chi connectivity index (χ1v) is 8.23. The molecule has 0 aliphatic rings. The molecule has 0 bridgehead atoms. The Morgan fingerprint density at radius 3 is 2.62 bits per heavy atom. The molecule has 1 heterocycles. The Labute approximate surface area is 151 Å². The number of nitrogens with zero attached hydrogens (tertiary/aromatic N) is 1. The Bertz CT molecular complexity index is 910. The lowest BCUT2D eigenvalue weighted by atomic mass is 10.1. The predicted molar refractivity (Wildman–Crippen MR) is 98.5 cm³/mol. The summed E-state index contributed by atoms with van der Waals surface area (Å²) in [6, 6.07) is 17.0. The summed E-state index contributed by atoms with van der Waals surface area (Å²) in [4.78, 5) is 16.7. The number of pyridine rings is 1. The molecule has 0 radical (unpaired) electrons. The van der Waals surface area contributed by atoms with Crippen molar-refractivity contribution in [3.63, 3.8) is 0 Å². The second-order valence-corrected chi connectivity index (χ2v) is 5.91. The molecule has 0 spiro atoms. The largest absolute Gasteiger partial charge is 0.497 e. The maximum atomic E-state index is 13.3. The van der Waals surface area contributed by atoms with Gasteiger partial charge in [0.2, 0.25) is 0 Å². The van der Waals surface area contributed by atoms with Gasteiger partial charge in [0.05, 0.1) is 24.4 Å². The maximum absolute atomic E-state index is 13.3. The van der Waals surface area contributed by atoms with Crippen molar-refractivity contribution >= 4 is 5.91 Å². The van der Waals surface area contributed by atoms with Crippen LogP contribution in [0.3, 0.4) is 0 Å². The molecule has 0 unspecified atom stereocenters. The molecule has 5 heteroatoms. The number of methoxy groups -OCH3 is 1. The SMILES string of the molecule is COc1cccc([C@H](C)NC(=O)c2ccc(-c3cccc(F)c3)nc2)c1. The molecule has 1 N–H and O–H groups in total. The van der Waals surface area contributed by atoms with Crippen LogP contribution in [0.4, 0.5) is 4.39 Å². The smallest absolute Gasteiger partial charge is 0.253 e. The maximum Gasteiger partial charge on any atom is 0.253 e. The highest BCUT2D eigenvalue weighted by Crippen LogP contribution is 2.20. The molecular weight excluding hydrogens is 331 g/mol. The zero-order chi connectivity index (χ0) is 18.5. The number of halogens is 1. The summed E-state index contributed by atoms with van der Waals surface area (Å²) in [5.41, 5.74) is 2.67. The second kappa shape index (κ2) is 7.78. The van der Waals surface area contributed by atoms with Gasteiger partial charge in [-0.05, 0) is 48.9 Å². The van der Waals surface area contributed by atoms with Crippen molar-refractivity contribution in [3.8, 4) is 17.0 Å². The number of ether oxygens (including phenoxy) is 1. The van der Waals surface area contributed by atoms with Gasteiger partial charge in [-0.15, -0.1) is 0 Å². The van der Waals surface area contributed by atoms with Gasteiger partial charge in [-0.2, -0.15) is 0 Å². The fraction of sp³-hybridized carbons (Fsp3) is 0.143. The molecule has 1 atom stereocenters. The summed E-state index contributed by atoms with van der Waals surface area (Å²) in [5.74, 6) is 0.196. The molecule has 26 heavy (non-hydrogen) atoms. The molecule has 3 aromatic rings. The van der Waals surface area contributed by atoms with Gasteiger partial charge < -0.3 is 10.1 Å². The van der Waals surface area contributed by atoms with Crippen molar-refractivity contribution in [2.45, 2.75) is 13.0 Å². The molecule has 0 saturated carbocycles. The minimum Gasteiger partial charge on any atom is -0.497 e. The first-order valence-electron chi connectivity index (χ1n) is 8.23. The van der Waals surface area contributed by atoms with Crippen LogP contribution in [-0.2, 0) is 0 Å². The normalized spacial score (nSPS) is 11.7. The number of carbonyl (C=O) groups is 1. The number of amides is 1. The highest BCUT2D eigenvalue weighted by molar-refractivity contribution is 5.94. The van der Waals surface area contributed by atoms with Gasteiger partial charge in [0.1, 0.15) is 11.6 Å². The number of aromatic nitrogens is 1. The van der Waals surface area contributed by atoms with Crippen LogP contribution in [0.2, 0.25) is 0 Å². The van der Waals surface area contributed by atoms with Crippen molar-refractivity contribution in [2.24, 2.45) is 0 Å². The second-order valence-electron chi connectivity index (χ2n) is 5.91. The number of hydrogen-bond acceptors (Lipinski definition) is 3. The van der Waals surface area contributed by atoms with Crippen LogP contribution in [0.5, 0.6) is 5.75 Å².